The average molecular weight is 323 g/mol. The van der Waals surface area contributed by atoms with Crippen LogP contribution in [-0.2, 0) is 6.42 Å². The van der Waals surface area contributed by atoms with Crippen molar-refractivity contribution in [1.82, 2.24) is 10.3 Å². The van der Waals surface area contributed by atoms with Gasteiger partial charge in [0.05, 0.1) is 5.02 Å². The van der Waals surface area contributed by atoms with Crippen molar-refractivity contribution in [2.75, 3.05) is 6.54 Å². The van der Waals surface area contributed by atoms with Crippen LogP contribution < -0.4 is 5.32 Å². The Morgan fingerprint density at radius 1 is 1.10 bits per heavy atom. The van der Waals surface area contributed by atoms with Gasteiger partial charge in [0.2, 0.25) is 0 Å². The molecule has 0 saturated carbocycles. The number of nitrogens with one attached hydrogen (secondary N) is 1. The van der Waals surface area contributed by atoms with E-state index < -0.39 is 0 Å². The van der Waals surface area contributed by atoms with Crippen molar-refractivity contribution in [3.63, 3.8) is 0 Å². The van der Waals surface area contributed by atoms with Crippen molar-refractivity contribution < 1.29 is 0 Å². The molecule has 0 spiro atoms. The standard InChI is InChI=1S/C17H20Cl2N2/c1-12(2)21-10-14(15-5-3-4-6-16(15)18)9-13-7-8-20-11-17(13)19/h3-8,11-12,14,21H,9-10H2,1-2H3. The molecule has 2 aromatic rings. The van der Waals surface area contributed by atoms with Crippen LogP contribution in [0.4, 0.5) is 0 Å². The van der Waals surface area contributed by atoms with E-state index in [1.807, 2.05) is 24.3 Å². The number of aromatic nitrogens is 1. The predicted octanol–water partition coefficient (Wildman–Crippen LogP) is 4.71. The van der Waals surface area contributed by atoms with E-state index in [9.17, 15) is 0 Å². The molecule has 112 valence electrons. The Bertz CT molecular complexity index is 585. The second-order valence-electron chi connectivity index (χ2n) is 5.45. The first-order valence-electron chi connectivity index (χ1n) is 7.14. The van der Waals surface area contributed by atoms with Gasteiger partial charge >= 0.3 is 0 Å². The normalized spacial score (nSPS) is 12.6. The minimum atomic E-state index is 0.279. The van der Waals surface area contributed by atoms with E-state index >= 15 is 0 Å². The van der Waals surface area contributed by atoms with E-state index in [1.165, 1.54) is 0 Å². The Morgan fingerprint density at radius 3 is 2.52 bits per heavy atom. The van der Waals surface area contributed by atoms with Crippen molar-refractivity contribution in [3.8, 4) is 0 Å². The van der Waals surface area contributed by atoms with Gasteiger partial charge in [0.1, 0.15) is 0 Å². The summed E-state index contributed by atoms with van der Waals surface area (Å²) in [6, 6.07) is 10.4. The van der Waals surface area contributed by atoms with Crippen molar-refractivity contribution in [1.29, 1.82) is 0 Å². The third-order valence-electron chi connectivity index (χ3n) is 3.44. The van der Waals surface area contributed by atoms with Gasteiger partial charge in [-0.05, 0) is 29.7 Å². The fourth-order valence-electron chi connectivity index (χ4n) is 2.31. The second kappa shape index (κ2) is 7.79. The van der Waals surface area contributed by atoms with E-state index in [4.69, 9.17) is 23.2 Å². The van der Waals surface area contributed by atoms with Crippen LogP contribution in [0.1, 0.15) is 30.9 Å². The highest BCUT2D eigenvalue weighted by Gasteiger charge is 2.17. The van der Waals surface area contributed by atoms with Crippen LogP contribution in [0.15, 0.2) is 42.7 Å². The largest absolute Gasteiger partial charge is 0.314 e. The number of pyridine rings is 1. The summed E-state index contributed by atoms with van der Waals surface area (Å²) < 4.78 is 0. The van der Waals surface area contributed by atoms with Crippen molar-refractivity contribution in [3.05, 3.63) is 63.9 Å². The molecule has 1 aromatic carbocycles. The molecule has 1 N–H and O–H groups in total. The quantitative estimate of drug-likeness (QED) is 0.832. The van der Waals surface area contributed by atoms with Gasteiger partial charge < -0.3 is 5.32 Å². The number of rotatable bonds is 6. The molecule has 0 bridgehead atoms. The Kier molecular flexibility index (Phi) is 6.04. The molecule has 0 saturated heterocycles. The Labute approximate surface area is 136 Å². The molecule has 0 fully saturated rings. The van der Waals surface area contributed by atoms with Crippen molar-refractivity contribution in [2.45, 2.75) is 32.2 Å². The highest BCUT2D eigenvalue weighted by atomic mass is 35.5. The van der Waals surface area contributed by atoms with Gasteiger partial charge in [0, 0.05) is 35.9 Å². The topological polar surface area (TPSA) is 24.9 Å². The maximum atomic E-state index is 6.37. The monoisotopic (exact) mass is 322 g/mol. The first-order valence-corrected chi connectivity index (χ1v) is 7.89. The van der Waals surface area contributed by atoms with Gasteiger partial charge in [-0.15, -0.1) is 0 Å². The summed E-state index contributed by atoms with van der Waals surface area (Å²) in [4.78, 5) is 4.04. The SMILES string of the molecule is CC(C)NCC(Cc1ccncc1Cl)c1ccccc1Cl. The van der Waals surface area contributed by atoms with Crippen LogP contribution in [0.25, 0.3) is 0 Å². The minimum Gasteiger partial charge on any atom is -0.314 e. The summed E-state index contributed by atoms with van der Waals surface area (Å²) in [6.45, 7) is 5.15. The highest BCUT2D eigenvalue weighted by molar-refractivity contribution is 6.31. The zero-order valence-electron chi connectivity index (χ0n) is 12.3. The Hall–Kier alpha value is -1.09. The highest BCUT2D eigenvalue weighted by Crippen LogP contribution is 2.29. The zero-order valence-corrected chi connectivity index (χ0v) is 13.8. The average Bonchev–Trinajstić information content (AvgIpc) is 2.46. The Morgan fingerprint density at radius 2 is 1.86 bits per heavy atom. The molecular formula is C17H20Cl2N2. The van der Waals surface area contributed by atoms with Crippen molar-refractivity contribution >= 4 is 23.2 Å². The van der Waals surface area contributed by atoms with Gasteiger partial charge in [0.25, 0.3) is 0 Å². The van der Waals surface area contributed by atoms with E-state index in [0.717, 1.165) is 29.1 Å². The first-order chi connectivity index (χ1) is 10.1. The van der Waals surface area contributed by atoms with Gasteiger partial charge in [-0.2, -0.15) is 0 Å². The molecule has 4 heteroatoms. The molecule has 21 heavy (non-hydrogen) atoms. The molecule has 0 aliphatic carbocycles. The molecule has 1 aromatic heterocycles. The fraction of sp³-hybridized carbons (Fsp3) is 0.353. The summed E-state index contributed by atoms with van der Waals surface area (Å²) in [7, 11) is 0. The van der Waals surface area contributed by atoms with Crippen LogP contribution in [0.3, 0.4) is 0 Å². The molecule has 2 rings (SSSR count). The lowest BCUT2D eigenvalue weighted by Crippen LogP contribution is -2.29. The third kappa shape index (κ3) is 4.70. The number of hydrogen-bond donors (Lipinski definition) is 1. The summed E-state index contributed by atoms with van der Waals surface area (Å²) >= 11 is 12.6. The van der Waals surface area contributed by atoms with Gasteiger partial charge in [0.15, 0.2) is 0 Å². The predicted molar refractivity (Wildman–Crippen MR) is 90.3 cm³/mol. The Balaban J connectivity index is 2.24. The molecule has 1 heterocycles. The van der Waals surface area contributed by atoms with Crippen LogP contribution in [0.2, 0.25) is 10.0 Å². The molecule has 2 nitrogen and oxygen atoms in total. The second-order valence-corrected chi connectivity index (χ2v) is 6.27. The van der Waals surface area contributed by atoms with E-state index in [2.05, 4.69) is 30.2 Å². The molecule has 0 aliphatic rings. The number of benzene rings is 1. The lowest BCUT2D eigenvalue weighted by Gasteiger charge is -2.21. The fourth-order valence-corrected chi connectivity index (χ4v) is 2.80. The minimum absolute atomic E-state index is 0.279. The summed E-state index contributed by atoms with van der Waals surface area (Å²) in [5.74, 6) is 0.279. The summed E-state index contributed by atoms with van der Waals surface area (Å²) in [5.41, 5.74) is 2.25. The van der Waals surface area contributed by atoms with E-state index in [-0.39, 0.29) is 5.92 Å². The van der Waals surface area contributed by atoms with Crippen LogP contribution in [0.5, 0.6) is 0 Å². The molecule has 0 aliphatic heterocycles. The maximum Gasteiger partial charge on any atom is 0.0621 e. The number of hydrogen-bond acceptors (Lipinski definition) is 2. The van der Waals surface area contributed by atoms with E-state index in [1.54, 1.807) is 12.4 Å². The third-order valence-corrected chi connectivity index (χ3v) is 4.12. The molecular weight excluding hydrogens is 303 g/mol. The molecule has 1 atom stereocenters. The zero-order chi connectivity index (χ0) is 15.2. The molecule has 0 radical (unpaired) electrons. The summed E-state index contributed by atoms with van der Waals surface area (Å²) in [5, 5.41) is 5.01. The van der Waals surface area contributed by atoms with Crippen LogP contribution in [0, 0.1) is 0 Å². The maximum absolute atomic E-state index is 6.37. The van der Waals surface area contributed by atoms with Gasteiger partial charge in [-0.3, -0.25) is 4.98 Å². The molecule has 0 amide bonds. The van der Waals surface area contributed by atoms with Gasteiger partial charge in [-0.1, -0.05) is 55.2 Å². The van der Waals surface area contributed by atoms with Gasteiger partial charge in [-0.25, -0.2) is 0 Å². The van der Waals surface area contributed by atoms with Crippen LogP contribution >= 0.6 is 23.2 Å². The number of nitrogens with zero attached hydrogens (tertiary/aromatic N) is 1. The smallest absolute Gasteiger partial charge is 0.0621 e. The lowest BCUT2D eigenvalue weighted by molar-refractivity contribution is 0.527. The number of halogens is 2. The lowest BCUT2D eigenvalue weighted by atomic mass is 9.92. The first kappa shape index (κ1) is 16.3. The van der Waals surface area contributed by atoms with E-state index in [0.29, 0.717) is 11.1 Å². The summed E-state index contributed by atoms with van der Waals surface area (Å²) in [6.07, 6.45) is 4.31. The van der Waals surface area contributed by atoms with Crippen LogP contribution in [-0.4, -0.2) is 17.6 Å². The molecule has 1 unspecified atom stereocenters. The van der Waals surface area contributed by atoms with Crippen molar-refractivity contribution in [2.24, 2.45) is 0 Å².